The Hall–Kier alpha value is -2.57. The van der Waals surface area contributed by atoms with E-state index in [1.54, 1.807) is 13.8 Å². The lowest BCUT2D eigenvalue weighted by Crippen LogP contribution is -2.42. The van der Waals surface area contributed by atoms with Crippen LogP contribution in [-0.4, -0.2) is 47.5 Å². The SMILES string of the molecule is CCNC(=O)CN(CC)C(=O)Nc1ccc(C(=O)O)cc1. The highest BCUT2D eigenvalue weighted by atomic mass is 16.4. The van der Waals surface area contributed by atoms with E-state index in [0.29, 0.717) is 18.8 Å². The summed E-state index contributed by atoms with van der Waals surface area (Å²) in [5.74, 6) is -1.25. The zero-order valence-corrected chi connectivity index (χ0v) is 12.0. The van der Waals surface area contributed by atoms with Crippen LogP contribution in [0.1, 0.15) is 24.2 Å². The van der Waals surface area contributed by atoms with Crippen LogP contribution >= 0.6 is 0 Å². The van der Waals surface area contributed by atoms with Crippen molar-refractivity contribution in [2.75, 3.05) is 25.0 Å². The molecule has 0 radical (unpaired) electrons. The van der Waals surface area contributed by atoms with E-state index in [2.05, 4.69) is 10.6 Å². The van der Waals surface area contributed by atoms with Gasteiger partial charge in [0.25, 0.3) is 0 Å². The largest absolute Gasteiger partial charge is 0.478 e. The summed E-state index contributed by atoms with van der Waals surface area (Å²) in [4.78, 5) is 35.6. The van der Waals surface area contributed by atoms with Gasteiger partial charge >= 0.3 is 12.0 Å². The van der Waals surface area contributed by atoms with Crippen LogP contribution in [0, 0.1) is 0 Å². The number of amides is 3. The summed E-state index contributed by atoms with van der Waals surface area (Å²) in [6.07, 6.45) is 0. The molecule has 7 nitrogen and oxygen atoms in total. The van der Waals surface area contributed by atoms with Gasteiger partial charge in [-0.1, -0.05) is 0 Å². The average molecular weight is 293 g/mol. The average Bonchev–Trinajstić information content (AvgIpc) is 2.45. The fourth-order valence-electron chi connectivity index (χ4n) is 1.65. The smallest absolute Gasteiger partial charge is 0.335 e. The highest BCUT2D eigenvalue weighted by Gasteiger charge is 2.15. The molecule has 0 spiro atoms. The Balaban J connectivity index is 2.65. The molecule has 1 aromatic rings. The molecule has 0 aromatic heterocycles. The minimum atomic E-state index is -1.03. The number of hydrogen-bond acceptors (Lipinski definition) is 3. The van der Waals surface area contributed by atoms with Gasteiger partial charge in [-0.3, -0.25) is 4.79 Å². The maximum Gasteiger partial charge on any atom is 0.335 e. The van der Waals surface area contributed by atoms with Gasteiger partial charge in [0.1, 0.15) is 6.54 Å². The lowest BCUT2D eigenvalue weighted by atomic mass is 10.2. The summed E-state index contributed by atoms with van der Waals surface area (Å²) in [5.41, 5.74) is 0.613. The monoisotopic (exact) mass is 293 g/mol. The number of benzene rings is 1. The van der Waals surface area contributed by atoms with E-state index in [4.69, 9.17) is 5.11 Å². The zero-order chi connectivity index (χ0) is 15.8. The predicted molar refractivity (Wildman–Crippen MR) is 78.4 cm³/mol. The molecule has 0 aliphatic rings. The van der Waals surface area contributed by atoms with Crippen LogP contribution in [0.5, 0.6) is 0 Å². The molecule has 0 aliphatic heterocycles. The summed E-state index contributed by atoms with van der Waals surface area (Å²) < 4.78 is 0. The van der Waals surface area contributed by atoms with Gasteiger partial charge < -0.3 is 20.6 Å². The number of hydrogen-bond donors (Lipinski definition) is 3. The molecule has 0 aliphatic carbocycles. The number of nitrogens with zero attached hydrogens (tertiary/aromatic N) is 1. The quantitative estimate of drug-likeness (QED) is 0.737. The van der Waals surface area contributed by atoms with Crippen molar-refractivity contribution in [2.45, 2.75) is 13.8 Å². The first-order valence-electron chi connectivity index (χ1n) is 6.63. The van der Waals surface area contributed by atoms with E-state index >= 15 is 0 Å². The van der Waals surface area contributed by atoms with E-state index < -0.39 is 12.0 Å². The van der Waals surface area contributed by atoms with E-state index in [-0.39, 0.29) is 18.0 Å². The molecule has 1 aromatic carbocycles. The summed E-state index contributed by atoms with van der Waals surface area (Å²) in [7, 11) is 0. The first kappa shape index (κ1) is 16.5. The van der Waals surface area contributed by atoms with Gasteiger partial charge in [-0.05, 0) is 38.1 Å². The van der Waals surface area contributed by atoms with Gasteiger partial charge in [0.15, 0.2) is 0 Å². The molecule has 7 heteroatoms. The Labute approximate surface area is 122 Å². The number of rotatable bonds is 6. The van der Waals surface area contributed by atoms with Crippen LogP contribution in [0.15, 0.2) is 24.3 Å². The van der Waals surface area contributed by atoms with Crippen LogP contribution in [0.4, 0.5) is 10.5 Å². The second kappa shape index (κ2) is 7.88. The third kappa shape index (κ3) is 5.13. The lowest BCUT2D eigenvalue weighted by molar-refractivity contribution is -0.121. The van der Waals surface area contributed by atoms with E-state index in [9.17, 15) is 14.4 Å². The normalized spacial score (nSPS) is 9.81. The molecule has 0 saturated heterocycles. The van der Waals surface area contributed by atoms with Crippen LogP contribution < -0.4 is 10.6 Å². The van der Waals surface area contributed by atoms with Gasteiger partial charge in [0.05, 0.1) is 5.56 Å². The summed E-state index contributed by atoms with van der Waals surface area (Å²) in [6, 6.07) is 5.39. The molecule has 0 bridgehead atoms. The molecule has 0 unspecified atom stereocenters. The van der Waals surface area contributed by atoms with Gasteiger partial charge in [0, 0.05) is 18.8 Å². The summed E-state index contributed by atoms with van der Waals surface area (Å²) >= 11 is 0. The fraction of sp³-hybridized carbons (Fsp3) is 0.357. The third-order valence-electron chi connectivity index (χ3n) is 2.76. The first-order valence-corrected chi connectivity index (χ1v) is 6.63. The number of nitrogens with one attached hydrogen (secondary N) is 2. The summed E-state index contributed by atoms with van der Waals surface area (Å²) in [6.45, 7) is 4.44. The number of likely N-dealkylation sites (N-methyl/N-ethyl adjacent to an activating group) is 2. The Kier molecular flexibility index (Phi) is 6.19. The number of urea groups is 1. The number of carboxylic acid groups (broad SMARTS) is 1. The highest BCUT2D eigenvalue weighted by molar-refractivity contribution is 5.93. The molecule has 114 valence electrons. The second-order valence-corrected chi connectivity index (χ2v) is 4.28. The predicted octanol–water partition coefficient (Wildman–Crippen LogP) is 1.37. The molecule has 0 saturated carbocycles. The van der Waals surface area contributed by atoms with Crippen molar-refractivity contribution in [2.24, 2.45) is 0 Å². The Morgan fingerprint density at radius 2 is 1.76 bits per heavy atom. The van der Waals surface area contributed by atoms with Crippen LogP contribution in [0.25, 0.3) is 0 Å². The minimum Gasteiger partial charge on any atom is -0.478 e. The Morgan fingerprint density at radius 1 is 1.14 bits per heavy atom. The first-order chi connectivity index (χ1) is 9.97. The molecule has 0 fully saturated rings. The molecular formula is C14H19N3O4. The zero-order valence-electron chi connectivity index (χ0n) is 12.0. The fourth-order valence-corrected chi connectivity index (χ4v) is 1.65. The topological polar surface area (TPSA) is 98.7 Å². The number of anilines is 1. The second-order valence-electron chi connectivity index (χ2n) is 4.28. The Morgan fingerprint density at radius 3 is 2.24 bits per heavy atom. The van der Waals surface area contributed by atoms with Crippen LogP contribution in [-0.2, 0) is 4.79 Å². The number of carbonyl (C=O) groups is 3. The molecule has 0 heterocycles. The van der Waals surface area contributed by atoms with Crippen molar-refractivity contribution in [3.8, 4) is 0 Å². The van der Waals surface area contributed by atoms with E-state index in [1.807, 2.05) is 0 Å². The van der Waals surface area contributed by atoms with Crippen molar-refractivity contribution in [3.05, 3.63) is 29.8 Å². The van der Waals surface area contributed by atoms with Crippen LogP contribution in [0.3, 0.4) is 0 Å². The number of aromatic carboxylic acids is 1. The van der Waals surface area contributed by atoms with Crippen molar-refractivity contribution in [3.63, 3.8) is 0 Å². The van der Waals surface area contributed by atoms with Gasteiger partial charge in [-0.25, -0.2) is 9.59 Å². The molecule has 0 atom stereocenters. The van der Waals surface area contributed by atoms with Crippen molar-refractivity contribution >= 4 is 23.6 Å². The number of carbonyl (C=O) groups excluding carboxylic acids is 2. The van der Waals surface area contributed by atoms with Gasteiger partial charge in [-0.2, -0.15) is 0 Å². The third-order valence-corrected chi connectivity index (χ3v) is 2.76. The molecular weight excluding hydrogens is 274 g/mol. The molecule has 3 N–H and O–H groups in total. The molecule has 3 amide bonds. The lowest BCUT2D eigenvalue weighted by Gasteiger charge is -2.20. The Bertz CT molecular complexity index is 513. The van der Waals surface area contributed by atoms with Gasteiger partial charge in [-0.15, -0.1) is 0 Å². The van der Waals surface area contributed by atoms with E-state index in [0.717, 1.165) is 0 Å². The summed E-state index contributed by atoms with van der Waals surface area (Å²) in [5, 5.41) is 14.0. The highest BCUT2D eigenvalue weighted by Crippen LogP contribution is 2.10. The van der Waals surface area contributed by atoms with Gasteiger partial charge in [0.2, 0.25) is 5.91 Å². The maximum atomic E-state index is 12.0. The van der Waals surface area contributed by atoms with Crippen molar-refractivity contribution in [1.82, 2.24) is 10.2 Å². The minimum absolute atomic E-state index is 0.0244. The molecule has 1 rings (SSSR count). The van der Waals surface area contributed by atoms with E-state index in [1.165, 1.54) is 29.2 Å². The van der Waals surface area contributed by atoms with Crippen molar-refractivity contribution < 1.29 is 19.5 Å². The standard InChI is InChI=1S/C14H19N3O4/c1-3-15-12(18)9-17(4-2)14(21)16-11-7-5-10(6-8-11)13(19)20/h5-8H,3-4,9H2,1-2H3,(H,15,18)(H,16,21)(H,19,20). The maximum absolute atomic E-state index is 12.0. The molecule has 21 heavy (non-hydrogen) atoms. The number of carboxylic acids is 1. The van der Waals surface area contributed by atoms with Crippen molar-refractivity contribution in [1.29, 1.82) is 0 Å². The van der Waals surface area contributed by atoms with Crippen LogP contribution in [0.2, 0.25) is 0 Å².